The first-order chi connectivity index (χ1) is 8.97. The fourth-order valence-electron chi connectivity index (χ4n) is 1.43. The Balaban J connectivity index is 2.40. The van der Waals surface area contributed by atoms with E-state index in [0.717, 1.165) is 4.90 Å². The molecule has 0 spiro atoms. The molecule has 0 unspecified atom stereocenters. The maximum absolute atomic E-state index is 11.2. The molecule has 0 radical (unpaired) electrons. The van der Waals surface area contributed by atoms with Crippen molar-refractivity contribution in [3.63, 3.8) is 0 Å². The highest BCUT2D eigenvalue weighted by atomic mass is 35.5. The van der Waals surface area contributed by atoms with E-state index >= 15 is 0 Å². The summed E-state index contributed by atoms with van der Waals surface area (Å²) in [6.07, 6.45) is 0. The van der Waals surface area contributed by atoms with E-state index in [2.05, 4.69) is 0 Å². The minimum absolute atomic E-state index is 0.142. The Morgan fingerprint density at radius 3 is 2.11 bits per heavy atom. The minimum Gasteiger partial charge on any atom is -0.478 e. The maximum Gasteiger partial charge on any atom is 0.336 e. The van der Waals surface area contributed by atoms with Crippen molar-refractivity contribution in [2.24, 2.45) is 0 Å². The quantitative estimate of drug-likeness (QED) is 0.806. The van der Waals surface area contributed by atoms with E-state index in [4.69, 9.17) is 39.9 Å². The van der Waals surface area contributed by atoms with Gasteiger partial charge in [0.1, 0.15) is 0 Å². The van der Waals surface area contributed by atoms with E-state index in [0.29, 0.717) is 20.0 Å². The Labute approximate surface area is 129 Å². The average molecular weight is 334 g/mol. The molecule has 0 aliphatic heterocycles. The number of rotatable bonds is 3. The van der Waals surface area contributed by atoms with Crippen LogP contribution >= 0.6 is 46.6 Å². The Morgan fingerprint density at radius 2 is 1.53 bits per heavy atom. The second-order valence-corrected chi connectivity index (χ2v) is 5.99. The molecule has 0 aliphatic carbocycles. The number of carboxylic acid groups (broad SMARTS) is 1. The Morgan fingerprint density at radius 1 is 0.947 bits per heavy atom. The highest BCUT2D eigenvalue weighted by molar-refractivity contribution is 7.99. The molecule has 0 aromatic heterocycles. The Kier molecular flexibility index (Phi) is 4.63. The van der Waals surface area contributed by atoms with Crippen LogP contribution < -0.4 is 0 Å². The van der Waals surface area contributed by atoms with Gasteiger partial charge >= 0.3 is 5.97 Å². The fraction of sp³-hybridized carbons (Fsp3) is 0. The first-order valence-corrected chi connectivity index (χ1v) is 7.08. The van der Waals surface area contributed by atoms with Crippen molar-refractivity contribution in [3.05, 3.63) is 57.0 Å². The second-order valence-electron chi connectivity index (χ2n) is 3.62. The standard InChI is InChI=1S/C13H7Cl3O2S/c14-7-1-3-11(9(5-7)13(17)18)19-12-4-2-8(15)6-10(12)16/h1-6H,(H,17,18). The smallest absolute Gasteiger partial charge is 0.336 e. The summed E-state index contributed by atoms with van der Waals surface area (Å²) < 4.78 is 0. The van der Waals surface area contributed by atoms with Crippen molar-refractivity contribution in [1.82, 2.24) is 0 Å². The molecular formula is C13H7Cl3O2S. The number of aromatic carboxylic acids is 1. The summed E-state index contributed by atoms with van der Waals surface area (Å²) in [5.41, 5.74) is 0.142. The van der Waals surface area contributed by atoms with Crippen LogP contribution in [0.25, 0.3) is 0 Å². The third-order valence-corrected chi connectivity index (χ3v) is 4.33. The third-order valence-electron chi connectivity index (χ3n) is 2.29. The summed E-state index contributed by atoms with van der Waals surface area (Å²) in [4.78, 5) is 12.5. The van der Waals surface area contributed by atoms with Gasteiger partial charge in [-0.2, -0.15) is 0 Å². The van der Waals surface area contributed by atoms with E-state index in [1.165, 1.54) is 17.8 Å². The molecule has 0 bridgehead atoms. The molecule has 2 rings (SSSR count). The van der Waals surface area contributed by atoms with Crippen LogP contribution in [0.2, 0.25) is 15.1 Å². The highest BCUT2D eigenvalue weighted by Crippen LogP contribution is 2.37. The van der Waals surface area contributed by atoms with Crippen LogP contribution in [0.5, 0.6) is 0 Å². The summed E-state index contributed by atoms with van der Waals surface area (Å²) in [7, 11) is 0. The molecule has 0 aliphatic rings. The summed E-state index contributed by atoms with van der Waals surface area (Å²) in [5.74, 6) is -1.03. The number of halogens is 3. The van der Waals surface area contributed by atoms with Crippen LogP contribution in [0, 0.1) is 0 Å². The van der Waals surface area contributed by atoms with Gasteiger partial charge in [-0.05, 0) is 36.4 Å². The van der Waals surface area contributed by atoms with Gasteiger partial charge in [0.05, 0.1) is 10.6 Å². The molecule has 6 heteroatoms. The van der Waals surface area contributed by atoms with E-state index in [1.807, 2.05) is 0 Å². The van der Waals surface area contributed by atoms with E-state index in [-0.39, 0.29) is 5.56 Å². The third kappa shape index (κ3) is 3.57. The summed E-state index contributed by atoms with van der Waals surface area (Å²) in [6, 6.07) is 9.76. The number of carboxylic acids is 1. The van der Waals surface area contributed by atoms with Crippen molar-refractivity contribution < 1.29 is 9.90 Å². The van der Waals surface area contributed by atoms with Crippen LogP contribution in [0.4, 0.5) is 0 Å². The van der Waals surface area contributed by atoms with Gasteiger partial charge in [-0.25, -0.2) is 4.79 Å². The van der Waals surface area contributed by atoms with Gasteiger partial charge in [0.25, 0.3) is 0 Å². The molecule has 2 nitrogen and oxygen atoms in total. The van der Waals surface area contributed by atoms with Crippen LogP contribution in [-0.4, -0.2) is 11.1 Å². The lowest BCUT2D eigenvalue weighted by Crippen LogP contribution is -1.98. The molecule has 1 N–H and O–H groups in total. The minimum atomic E-state index is -1.03. The van der Waals surface area contributed by atoms with E-state index in [9.17, 15) is 4.79 Å². The summed E-state index contributed by atoms with van der Waals surface area (Å²) in [5, 5.41) is 10.5. The predicted molar refractivity (Wildman–Crippen MR) is 79.0 cm³/mol. The lowest BCUT2D eigenvalue weighted by atomic mass is 10.2. The van der Waals surface area contributed by atoms with Gasteiger partial charge < -0.3 is 5.11 Å². The van der Waals surface area contributed by atoms with Crippen molar-refractivity contribution in [2.75, 3.05) is 0 Å². The molecule has 98 valence electrons. The van der Waals surface area contributed by atoms with Crippen LogP contribution in [0.1, 0.15) is 10.4 Å². The van der Waals surface area contributed by atoms with Crippen LogP contribution in [0.15, 0.2) is 46.2 Å². The zero-order valence-corrected chi connectivity index (χ0v) is 12.4. The van der Waals surface area contributed by atoms with E-state index in [1.54, 1.807) is 30.3 Å². The van der Waals surface area contributed by atoms with Crippen molar-refractivity contribution in [2.45, 2.75) is 9.79 Å². The maximum atomic E-state index is 11.2. The number of carbonyl (C=O) groups is 1. The van der Waals surface area contributed by atoms with Gasteiger partial charge in [0, 0.05) is 19.8 Å². The molecule has 0 saturated heterocycles. The zero-order valence-electron chi connectivity index (χ0n) is 9.36. The van der Waals surface area contributed by atoms with E-state index < -0.39 is 5.97 Å². The largest absolute Gasteiger partial charge is 0.478 e. The number of hydrogen-bond acceptors (Lipinski definition) is 2. The van der Waals surface area contributed by atoms with Crippen LogP contribution in [-0.2, 0) is 0 Å². The van der Waals surface area contributed by atoms with Gasteiger partial charge in [-0.1, -0.05) is 46.6 Å². The molecule has 19 heavy (non-hydrogen) atoms. The summed E-state index contributed by atoms with van der Waals surface area (Å²) >= 11 is 18.9. The van der Waals surface area contributed by atoms with Gasteiger partial charge in [-0.3, -0.25) is 0 Å². The average Bonchev–Trinajstić information content (AvgIpc) is 2.34. The highest BCUT2D eigenvalue weighted by Gasteiger charge is 2.13. The predicted octanol–water partition coefficient (Wildman–Crippen LogP) is 5.50. The fourth-order valence-corrected chi connectivity index (χ4v) is 3.05. The Bertz CT molecular complexity index is 644. The van der Waals surface area contributed by atoms with Crippen molar-refractivity contribution >= 4 is 52.5 Å². The molecule has 2 aromatic carbocycles. The van der Waals surface area contributed by atoms with Gasteiger partial charge in [-0.15, -0.1) is 0 Å². The summed E-state index contributed by atoms with van der Waals surface area (Å²) in [6.45, 7) is 0. The monoisotopic (exact) mass is 332 g/mol. The van der Waals surface area contributed by atoms with Crippen LogP contribution in [0.3, 0.4) is 0 Å². The topological polar surface area (TPSA) is 37.3 Å². The van der Waals surface area contributed by atoms with Crippen molar-refractivity contribution in [3.8, 4) is 0 Å². The molecule has 0 atom stereocenters. The molecule has 0 heterocycles. The van der Waals surface area contributed by atoms with Gasteiger partial charge in [0.2, 0.25) is 0 Å². The lowest BCUT2D eigenvalue weighted by molar-refractivity contribution is 0.0693. The molecular weight excluding hydrogens is 327 g/mol. The van der Waals surface area contributed by atoms with Crippen molar-refractivity contribution in [1.29, 1.82) is 0 Å². The molecule has 0 saturated carbocycles. The second kappa shape index (κ2) is 6.06. The first-order valence-electron chi connectivity index (χ1n) is 5.13. The number of hydrogen-bond donors (Lipinski definition) is 1. The normalized spacial score (nSPS) is 10.5. The van der Waals surface area contributed by atoms with Gasteiger partial charge in [0.15, 0.2) is 0 Å². The SMILES string of the molecule is O=C(O)c1cc(Cl)ccc1Sc1ccc(Cl)cc1Cl. The Hall–Kier alpha value is -0.870. The zero-order chi connectivity index (χ0) is 14.0. The molecule has 0 fully saturated rings. The lowest BCUT2D eigenvalue weighted by Gasteiger charge is -2.08. The first kappa shape index (κ1) is 14.5. The molecule has 0 amide bonds. The number of benzene rings is 2. The molecule has 2 aromatic rings.